The SMILES string of the molecule is Cc1[nH]c2ccccc2c1C(CCO)C(=O)O. The van der Waals surface area contributed by atoms with E-state index < -0.39 is 11.9 Å². The zero-order valence-corrected chi connectivity index (χ0v) is 9.60. The van der Waals surface area contributed by atoms with Gasteiger partial charge in [0.2, 0.25) is 0 Å². The second kappa shape index (κ2) is 4.59. The minimum absolute atomic E-state index is 0.129. The minimum Gasteiger partial charge on any atom is -0.481 e. The van der Waals surface area contributed by atoms with Crippen molar-refractivity contribution in [1.29, 1.82) is 0 Å². The van der Waals surface area contributed by atoms with Gasteiger partial charge in [0.1, 0.15) is 0 Å². The number of fused-ring (bicyclic) bond motifs is 1. The molecule has 0 spiro atoms. The predicted octanol–water partition coefficient (Wildman–Crippen LogP) is 2.03. The topological polar surface area (TPSA) is 73.3 Å². The number of aliphatic hydroxyl groups excluding tert-OH is 1. The molecule has 4 nitrogen and oxygen atoms in total. The average Bonchev–Trinajstić information content (AvgIpc) is 2.62. The number of nitrogens with one attached hydrogen (secondary N) is 1. The van der Waals surface area contributed by atoms with Gasteiger partial charge in [-0.3, -0.25) is 4.79 Å². The molecular formula is C13H15NO3. The van der Waals surface area contributed by atoms with Gasteiger partial charge in [0, 0.05) is 23.2 Å². The molecule has 0 aliphatic carbocycles. The van der Waals surface area contributed by atoms with Gasteiger partial charge >= 0.3 is 5.97 Å². The van der Waals surface area contributed by atoms with Crippen LogP contribution in [-0.2, 0) is 4.79 Å². The van der Waals surface area contributed by atoms with E-state index >= 15 is 0 Å². The van der Waals surface area contributed by atoms with Crippen LogP contribution in [0.15, 0.2) is 24.3 Å². The minimum atomic E-state index is -0.896. The zero-order valence-electron chi connectivity index (χ0n) is 9.60. The molecule has 0 aliphatic heterocycles. The summed E-state index contributed by atoms with van der Waals surface area (Å²) in [5.74, 6) is -1.55. The molecule has 90 valence electrons. The fourth-order valence-electron chi connectivity index (χ4n) is 2.27. The van der Waals surface area contributed by atoms with Crippen LogP contribution in [0.2, 0.25) is 0 Å². The van der Waals surface area contributed by atoms with Crippen molar-refractivity contribution in [3.05, 3.63) is 35.5 Å². The fraction of sp³-hybridized carbons (Fsp3) is 0.308. The van der Waals surface area contributed by atoms with E-state index in [0.29, 0.717) is 0 Å². The van der Waals surface area contributed by atoms with Crippen LogP contribution in [0.3, 0.4) is 0 Å². The Morgan fingerprint density at radius 2 is 2.12 bits per heavy atom. The molecule has 2 aromatic rings. The Kier molecular flexibility index (Phi) is 3.15. The summed E-state index contributed by atoms with van der Waals surface area (Å²) in [5.41, 5.74) is 2.57. The Hall–Kier alpha value is -1.81. The summed E-state index contributed by atoms with van der Waals surface area (Å²) in [6, 6.07) is 7.62. The van der Waals surface area contributed by atoms with E-state index in [2.05, 4.69) is 4.98 Å². The Balaban J connectivity index is 2.59. The van der Waals surface area contributed by atoms with Gasteiger partial charge in [-0.15, -0.1) is 0 Å². The number of carboxylic acid groups (broad SMARTS) is 1. The lowest BCUT2D eigenvalue weighted by Crippen LogP contribution is -2.13. The highest BCUT2D eigenvalue weighted by Crippen LogP contribution is 2.31. The summed E-state index contributed by atoms with van der Waals surface area (Å²) in [7, 11) is 0. The summed E-state index contributed by atoms with van der Waals surface area (Å²) >= 11 is 0. The molecule has 0 radical (unpaired) electrons. The van der Waals surface area contributed by atoms with E-state index in [1.54, 1.807) is 0 Å². The molecule has 17 heavy (non-hydrogen) atoms. The molecule has 1 unspecified atom stereocenters. The molecule has 1 atom stereocenters. The Morgan fingerprint density at radius 3 is 2.76 bits per heavy atom. The first kappa shape index (κ1) is 11.7. The van der Waals surface area contributed by atoms with Gasteiger partial charge < -0.3 is 15.2 Å². The lowest BCUT2D eigenvalue weighted by molar-refractivity contribution is -0.139. The third kappa shape index (κ3) is 2.03. The van der Waals surface area contributed by atoms with Gasteiger partial charge in [0.15, 0.2) is 0 Å². The maximum absolute atomic E-state index is 11.3. The highest BCUT2D eigenvalue weighted by Gasteiger charge is 2.24. The van der Waals surface area contributed by atoms with Crippen molar-refractivity contribution in [2.24, 2.45) is 0 Å². The number of hydrogen-bond acceptors (Lipinski definition) is 2. The Labute approximate surface area is 98.9 Å². The summed E-state index contributed by atoms with van der Waals surface area (Å²) in [4.78, 5) is 14.4. The third-order valence-corrected chi connectivity index (χ3v) is 3.01. The molecule has 2 rings (SSSR count). The number of para-hydroxylation sites is 1. The number of hydrogen-bond donors (Lipinski definition) is 3. The maximum atomic E-state index is 11.3. The first-order valence-corrected chi connectivity index (χ1v) is 5.56. The molecule has 3 N–H and O–H groups in total. The molecule has 0 bridgehead atoms. The van der Waals surface area contributed by atoms with E-state index in [1.165, 1.54) is 0 Å². The number of aryl methyl sites for hydroxylation is 1. The molecule has 1 aromatic heterocycles. The third-order valence-electron chi connectivity index (χ3n) is 3.01. The first-order chi connectivity index (χ1) is 8.15. The number of aromatic amines is 1. The smallest absolute Gasteiger partial charge is 0.311 e. The maximum Gasteiger partial charge on any atom is 0.311 e. The number of aliphatic hydroxyl groups is 1. The Bertz CT molecular complexity index is 545. The molecule has 4 heteroatoms. The predicted molar refractivity (Wildman–Crippen MR) is 65.1 cm³/mol. The van der Waals surface area contributed by atoms with Crippen molar-refractivity contribution in [1.82, 2.24) is 4.98 Å². The van der Waals surface area contributed by atoms with Crippen LogP contribution in [0.4, 0.5) is 0 Å². The molecule has 1 aromatic carbocycles. The second-order valence-corrected chi connectivity index (χ2v) is 4.11. The van der Waals surface area contributed by atoms with E-state index in [9.17, 15) is 9.90 Å². The number of carboxylic acids is 1. The van der Waals surface area contributed by atoms with Crippen LogP contribution in [-0.4, -0.2) is 27.8 Å². The monoisotopic (exact) mass is 233 g/mol. The van der Waals surface area contributed by atoms with E-state index in [0.717, 1.165) is 22.2 Å². The molecule has 0 aliphatic rings. The Morgan fingerprint density at radius 1 is 1.41 bits per heavy atom. The van der Waals surface area contributed by atoms with Gasteiger partial charge in [0.25, 0.3) is 0 Å². The summed E-state index contributed by atoms with van der Waals surface area (Å²) < 4.78 is 0. The zero-order chi connectivity index (χ0) is 12.4. The van der Waals surface area contributed by atoms with E-state index in [1.807, 2.05) is 31.2 Å². The van der Waals surface area contributed by atoms with Crippen molar-refractivity contribution in [2.45, 2.75) is 19.3 Å². The molecule has 1 heterocycles. The normalized spacial score (nSPS) is 12.8. The van der Waals surface area contributed by atoms with Gasteiger partial charge in [-0.1, -0.05) is 18.2 Å². The van der Waals surface area contributed by atoms with Crippen molar-refractivity contribution >= 4 is 16.9 Å². The van der Waals surface area contributed by atoms with Crippen molar-refractivity contribution in [3.8, 4) is 0 Å². The van der Waals surface area contributed by atoms with Crippen LogP contribution < -0.4 is 0 Å². The lowest BCUT2D eigenvalue weighted by atomic mass is 9.93. The van der Waals surface area contributed by atoms with Crippen molar-refractivity contribution < 1.29 is 15.0 Å². The molecular weight excluding hydrogens is 218 g/mol. The van der Waals surface area contributed by atoms with E-state index in [4.69, 9.17) is 5.11 Å². The summed E-state index contributed by atoms with van der Waals surface area (Å²) in [6.45, 7) is 1.73. The van der Waals surface area contributed by atoms with Gasteiger partial charge in [0.05, 0.1) is 5.92 Å². The standard InChI is InChI=1S/C13H15NO3/c1-8-12(10(6-7-15)13(16)17)9-4-2-3-5-11(9)14-8/h2-5,10,14-15H,6-7H2,1H3,(H,16,17). The largest absolute Gasteiger partial charge is 0.481 e. The lowest BCUT2D eigenvalue weighted by Gasteiger charge is -2.11. The van der Waals surface area contributed by atoms with Crippen molar-refractivity contribution in [2.75, 3.05) is 6.61 Å². The average molecular weight is 233 g/mol. The first-order valence-electron chi connectivity index (χ1n) is 5.56. The van der Waals surface area contributed by atoms with Crippen LogP contribution >= 0.6 is 0 Å². The second-order valence-electron chi connectivity index (χ2n) is 4.11. The van der Waals surface area contributed by atoms with Crippen LogP contribution in [0.25, 0.3) is 10.9 Å². The van der Waals surface area contributed by atoms with Gasteiger partial charge in [-0.25, -0.2) is 0 Å². The highest BCUT2D eigenvalue weighted by atomic mass is 16.4. The molecule has 0 saturated carbocycles. The number of aliphatic carboxylic acids is 1. The number of rotatable bonds is 4. The van der Waals surface area contributed by atoms with Crippen LogP contribution in [0.1, 0.15) is 23.6 Å². The fourth-order valence-corrected chi connectivity index (χ4v) is 2.27. The number of aromatic nitrogens is 1. The molecule has 0 amide bonds. The van der Waals surface area contributed by atoms with Crippen LogP contribution in [0, 0.1) is 6.92 Å². The van der Waals surface area contributed by atoms with Crippen LogP contribution in [0.5, 0.6) is 0 Å². The number of benzene rings is 1. The summed E-state index contributed by atoms with van der Waals surface area (Å²) in [5, 5.41) is 19.1. The van der Waals surface area contributed by atoms with Gasteiger partial charge in [-0.2, -0.15) is 0 Å². The van der Waals surface area contributed by atoms with Crippen molar-refractivity contribution in [3.63, 3.8) is 0 Å². The quantitative estimate of drug-likeness (QED) is 0.756. The molecule has 0 fully saturated rings. The highest BCUT2D eigenvalue weighted by molar-refractivity contribution is 5.90. The number of H-pyrrole nitrogens is 1. The van der Waals surface area contributed by atoms with E-state index in [-0.39, 0.29) is 13.0 Å². The number of carbonyl (C=O) groups is 1. The molecule has 0 saturated heterocycles. The van der Waals surface area contributed by atoms with Gasteiger partial charge in [-0.05, 0) is 25.0 Å². The summed E-state index contributed by atoms with van der Waals surface area (Å²) in [6.07, 6.45) is 0.234.